The summed E-state index contributed by atoms with van der Waals surface area (Å²) in [5.74, 6) is 1.68. The topological polar surface area (TPSA) is 18.5 Å². The van der Waals surface area contributed by atoms with E-state index in [4.69, 9.17) is 32.7 Å². The first-order valence-corrected chi connectivity index (χ1v) is 18.4. The van der Waals surface area contributed by atoms with Crippen LogP contribution >= 0.6 is 23.2 Å². The molecule has 0 atom stereocenters. The van der Waals surface area contributed by atoms with Crippen molar-refractivity contribution in [1.82, 2.24) is 0 Å². The van der Waals surface area contributed by atoms with Crippen LogP contribution in [0, 0.1) is 0 Å². The molecule has 0 fully saturated rings. The zero-order chi connectivity index (χ0) is 21.8. The fourth-order valence-corrected chi connectivity index (χ4v) is 22.5. The average Bonchev–Trinajstić information content (AvgIpc) is 2.82. The van der Waals surface area contributed by atoms with Crippen molar-refractivity contribution in [2.75, 3.05) is 14.2 Å². The van der Waals surface area contributed by atoms with Crippen molar-refractivity contribution in [1.29, 1.82) is 0 Å². The van der Waals surface area contributed by atoms with E-state index < -0.39 is 21.2 Å². The van der Waals surface area contributed by atoms with Crippen LogP contribution in [0.4, 0.5) is 0 Å². The molecule has 0 saturated carbocycles. The van der Waals surface area contributed by atoms with Crippen molar-refractivity contribution < 1.29 is 9.47 Å². The summed E-state index contributed by atoms with van der Waals surface area (Å²) in [5.41, 5.74) is 0. The molecule has 5 heteroatoms. The molecule has 0 bridgehead atoms. The van der Waals surface area contributed by atoms with Crippen LogP contribution in [0.1, 0.15) is 0 Å². The van der Waals surface area contributed by atoms with Gasteiger partial charge in [-0.3, -0.25) is 0 Å². The maximum absolute atomic E-state index is 6.27. The first-order valence-electron chi connectivity index (χ1n) is 9.89. The van der Waals surface area contributed by atoms with Crippen LogP contribution in [-0.2, 0) is 0 Å². The molecular formula is C26H22Cl2O2Pb. The Balaban J connectivity index is 2.08. The van der Waals surface area contributed by atoms with Gasteiger partial charge in [0, 0.05) is 0 Å². The van der Waals surface area contributed by atoms with Crippen LogP contribution in [0.5, 0.6) is 11.5 Å². The van der Waals surface area contributed by atoms with Gasteiger partial charge in [-0.1, -0.05) is 0 Å². The zero-order valence-corrected chi connectivity index (χ0v) is 22.7. The molecular weight excluding hydrogens is 622 g/mol. The Kier molecular flexibility index (Phi) is 6.90. The van der Waals surface area contributed by atoms with Gasteiger partial charge in [-0.25, -0.2) is 0 Å². The molecule has 0 aromatic heterocycles. The molecule has 0 spiro atoms. The van der Waals surface area contributed by atoms with E-state index in [0.717, 1.165) is 21.5 Å². The molecule has 0 N–H and O–H groups in total. The second-order valence-electron chi connectivity index (χ2n) is 7.22. The number of rotatable bonds is 6. The molecule has 156 valence electrons. The van der Waals surface area contributed by atoms with Crippen LogP contribution in [0.2, 0.25) is 10.0 Å². The molecule has 4 aromatic rings. The summed E-state index contributed by atoms with van der Waals surface area (Å²) in [7, 11) is 3.38. The minimum absolute atomic E-state index is 0.728. The van der Waals surface area contributed by atoms with Crippen LogP contribution in [0.15, 0.2) is 97.1 Å². The number of hydrogen-bond acceptors (Lipinski definition) is 2. The van der Waals surface area contributed by atoms with Gasteiger partial charge in [0.1, 0.15) is 0 Å². The Hall–Kier alpha value is -2.02. The number of methoxy groups -OCH3 is 2. The van der Waals surface area contributed by atoms with Crippen molar-refractivity contribution >= 4 is 56.9 Å². The van der Waals surface area contributed by atoms with E-state index in [1.807, 2.05) is 48.5 Å². The number of halogens is 2. The van der Waals surface area contributed by atoms with Gasteiger partial charge in [-0.15, -0.1) is 0 Å². The molecule has 0 saturated heterocycles. The van der Waals surface area contributed by atoms with E-state index in [-0.39, 0.29) is 0 Å². The first kappa shape index (κ1) is 22.2. The van der Waals surface area contributed by atoms with Crippen molar-refractivity contribution in [2.45, 2.75) is 0 Å². The maximum atomic E-state index is 6.27. The van der Waals surface area contributed by atoms with Crippen LogP contribution in [-0.4, -0.2) is 35.4 Å². The molecule has 31 heavy (non-hydrogen) atoms. The zero-order valence-electron chi connectivity index (χ0n) is 17.3. The minimum atomic E-state index is -3.88. The summed E-state index contributed by atoms with van der Waals surface area (Å²) in [6.45, 7) is 0. The monoisotopic (exact) mass is 644 g/mol. The van der Waals surface area contributed by atoms with Crippen molar-refractivity contribution in [2.24, 2.45) is 0 Å². The molecule has 4 rings (SSSR count). The Bertz CT molecular complexity index is 1050. The SMILES string of the molecule is COc1cc[c]([Pb]([c]2ccc(Cl)cc2)([c]2ccc(Cl)cc2)[c]2ccc(OC)cc2)cc1. The van der Waals surface area contributed by atoms with E-state index in [2.05, 4.69) is 48.5 Å². The molecule has 0 aliphatic rings. The number of hydrogen-bond donors (Lipinski definition) is 0. The van der Waals surface area contributed by atoms with E-state index in [9.17, 15) is 0 Å². The molecule has 2 nitrogen and oxygen atoms in total. The van der Waals surface area contributed by atoms with E-state index in [0.29, 0.717) is 0 Å². The summed E-state index contributed by atoms with van der Waals surface area (Å²) in [4.78, 5) is 0. The molecule has 0 aliphatic heterocycles. The summed E-state index contributed by atoms with van der Waals surface area (Å²) in [6, 6.07) is 33.6. The number of benzene rings is 4. The van der Waals surface area contributed by atoms with Gasteiger partial charge in [0.25, 0.3) is 0 Å². The Morgan fingerprint density at radius 2 is 0.710 bits per heavy atom. The van der Waals surface area contributed by atoms with E-state index in [1.54, 1.807) is 14.2 Å². The summed E-state index contributed by atoms with van der Waals surface area (Å²) in [6.07, 6.45) is 0. The Labute approximate surface area is 198 Å². The van der Waals surface area contributed by atoms with Gasteiger partial charge in [0.2, 0.25) is 0 Å². The van der Waals surface area contributed by atoms with Crippen LogP contribution in [0.25, 0.3) is 0 Å². The summed E-state index contributed by atoms with van der Waals surface area (Å²) < 4.78 is 16.1. The number of ether oxygens (including phenoxy) is 2. The van der Waals surface area contributed by atoms with Gasteiger partial charge in [-0.05, 0) is 0 Å². The van der Waals surface area contributed by atoms with Crippen molar-refractivity contribution in [3.05, 3.63) is 107 Å². The van der Waals surface area contributed by atoms with Crippen molar-refractivity contribution in [3.63, 3.8) is 0 Å². The third-order valence-corrected chi connectivity index (χ3v) is 24.8. The van der Waals surface area contributed by atoms with Gasteiger partial charge in [0.15, 0.2) is 0 Å². The molecule has 4 aromatic carbocycles. The predicted molar refractivity (Wildman–Crippen MR) is 133 cm³/mol. The van der Waals surface area contributed by atoms with E-state index in [1.165, 1.54) is 12.5 Å². The molecule has 0 amide bonds. The standard InChI is InChI=1S/2C7H7O.2C6H4Cl.Pb/c2*1-8-7-5-3-2-4-6-7;2*7-6-4-2-1-3-5-6;/h2*3-6H,1H3;2*2-5H;. The van der Waals surface area contributed by atoms with Crippen molar-refractivity contribution in [3.8, 4) is 11.5 Å². The summed E-state index contributed by atoms with van der Waals surface area (Å²) >= 11 is 8.67. The second-order valence-corrected chi connectivity index (χ2v) is 22.9. The van der Waals surface area contributed by atoms with Crippen LogP contribution < -0.4 is 22.0 Å². The van der Waals surface area contributed by atoms with Gasteiger partial charge in [-0.2, -0.15) is 0 Å². The molecule has 0 unspecified atom stereocenters. The van der Waals surface area contributed by atoms with Crippen LogP contribution in [0.3, 0.4) is 0 Å². The third kappa shape index (κ3) is 4.34. The Morgan fingerprint density at radius 1 is 0.452 bits per heavy atom. The fraction of sp³-hybridized carbons (Fsp3) is 0.0769. The van der Waals surface area contributed by atoms with E-state index >= 15 is 0 Å². The molecule has 0 heterocycles. The van der Waals surface area contributed by atoms with Gasteiger partial charge in [0.05, 0.1) is 0 Å². The van der Waals surface area contributed by atoms with Gasteiger partial charge >= 0.3 is 199 Å². The molecule has 0 radical (unpaired) electrons. The normalized spacial score (nSPS) is 11.2. The quantitative estimate of drug-likeness (QED) is 0.290. The fourth-order valence-electron chi connectivity index (χ4n) is 4.08. The summed E-state index contributed by atoms with van der Waals surface area (Å²) in [5, 5.41) is 1.46. The predicted octanol–water partition coefficient (Wildman–Crippen LogP) is 4.39. The second kappa shape index (κ2) is 9.64. The average molecular weight is 645 g/mol. The van der Waals surface area contributed by atoms with Gasteiger partial charge < -0.3 is 0 Å². The molecule has 0 aliphatic carbocycles. The third-order valence-electron chi connectivity index (χ3n) is 5.60. The first-order chi connectivity index (χ1) is 15.1. The Morgan fingerprint density at radius 3 is 0.968 bits per heavy atom.